The van der Waals surface area contributed by atoms with E-state index in [-0.39, 0.29) is 61.9 Å². The first kappa shape index (κ1) is 46.1. The Morgan fingerprint density at radius 2 is 1.04 bits per heavy atom. The van der Waals surface area contributed by atoms with Crippen LogP contribution in [-0.4, -0.2) is 102 Å². The first-order valence-electron chi connectivity index (χ1n) is 18.8. The summed E-state index contributed by atoms with van der Waals surface area (Å²) in [5, 5.41) is 0. The number of rotatable bonds is 16. The predicted octanol–water partition coefficient (Wildman–Crippen LogP) is 4.55. The van der Waals surface area contributed by atoms with Gasteiger partial charge in [-0.25, -0.2) is 16.8 Å². The maximum Gasteiger partial charge on any atom is 0.328 e. The third kappa shape index (κ3) is 11.6. The largest absolute Gasteiger partial charge is 0.494 e. The summed E-state index contributed by atoms with van der Waals surface area (Å²) in [4.78, 5) is 26.1. The number of nitrogens with two attached hydrogens (primary N) is 2. The first-order valence-corrected chi connectivity index (χ1v) is 21.7. The molecule has 14 nitrogen and oxygen atoms in total. The number of benzene rings is 2. The Balaban J connectivity index is 0.000000297. The molecule has 2 fully saturated rings. The summed E-state index contributed by atoms with van der Waals surface area (Å²) in [5.74, 6) is -0.323. The summed E-state index contributed by atoms with van der Waals surface area (Å²) < 4.78 is 83.2. The molecule has 4 rings (SSSR count). The molecule has 310 valence electrons. The summed E-state index contributed by atoms with van der Waals surface area (Å²) in [6.45, 7) is 13.2. The van der Waals surface area contributed by atoms with Crippen LogP contribution in [0.1, 0.15) is 86.5 Å². The summed E-state index contributed by atoms with van der Waals surface area (Å²) >= 11 is 0. The molecule has 2 aromatic rings. The van der Waals surface area contributed by atoms with E-state index in [9.17, 15) is 26.4 Å². The second-order valence-electron chi connectivity index (χ2n) is 15.1. The Morgan fingerprint density at radius 3 is 1.40 bits per heavy atom. The monoisotopic (exact) mass is 812 g/mol. The molecule has 2 aromatic carbocycles. The zero-order chi connectivity index (χ0) is 41.0. The average molecular weight is 813 g/mol. The van der Waals surface area contributed by atoms with Crippen LogP contribution in [0, 0.1) is 0 Å². The highest BCUT2D eigenvalue weighted by atomic mass is 32.2. The molecule has 0 spiro atoms. The second-order valence-corrected chi connectivity index (χ2v) is 19.7. The van der Waals surface area contributed by atoms with E-state index in [1.165, 1.54) is 24.3 Å². The Bertz CT molecular complexity index is 1740. The van der Waals surface area contributed by atoms with E-state index in [1.807, 2.05) is 6.92 Å². The number of unbranched alkanes of at least 4 members (excludes halogenated alkanes) is 1. The maximum atomic E-state index is 13.5. The molecule has 0 saturated carbocycles. The van der Waals surface area contributed by atoms with Crippen LogP contribution in [0.4, 0.5) is 0 Å². The number of sulfone groups is 2. The molecule has 0 amide bonds. The van der Waals surface area contributed by atoms with E-state index in [2.05, 4.69) is 0 Å². The highest BCUT2D eigenvalue weighted by Crippen LogP contribution is 2.39. The second kappa shape index (κ2) is 19.7. The van der Waals surface area contributed by atoms with Crippen LogP contribution in [0.25, 0.3) is 0 Å². The first-order chi connectivity index (χ1) is 25.8. The number of hydrogen-bond acceptors (Lipinski definition) is 14. The average Bonchev–Trinajstić information content (AvgIpc) is 3.16. The normalized spacial score (nSPS) is 17.2. The summed E-state index contributed by atoms with van der Waals surface area (Å²) in [5.41, 5.74) is 9.33. The van der Waals surface area contributed by atoms with E-state index in [1.54, 1.807) is 58.9 Å². The van der Waals surface area contributed by atoms with Gasteiger partial charge in [-0.15, -0.1) is 0 Å². The van der Waals surface area contributed by atoms with Crippen LogP contribution in [0.15, 0.2) is 58.3 Å². The molecule has 55 heavy (non-hydrogen) atoms. The maximum absolute atomic E-state index is 13.5. The molecule has 0 aromatic heterocycles. The summed E-state index contributed by atoms with van der Waals surface area (Å²) in [6, 6.07) is 12.2. The van der Waals surface area contributed by atoms with Gasteiger partial charge in [0, 0.05) is 58.7 Å². The van der Waals surface area contributed by atoms with Crippen LogP contribution in [0.3, 0.4) is 0 Å². The van der Waals surface area contributed by atoms with E-state index in [0.29, 0.717) is 44.2 Å². The zero-order valence-electron chi connectivity index (χ0n) is 33.1. The van der Waals surface area contributed by atoms with Gasteiger partial charge >= 0.3 is 11.9 Å². The molecule has 4 N–H and O–H groups in total. The van der Waals surface area contributed by atoms with Crippen LogP contribution >= 0.6 is 0 Å². The fourth-order valence-electron chi connectivity index (χ4n) is 5.85. The lowest BCUT2D eigenvalue weighted by Crippen LogP contribution is -2.53. The number of carbonyl (C=O) groups is 2. The van der Waals surface area contributed by atoms with Crippen molar-refractivity contribution in [3.8, 4) is 11.5 Å². The van der Waals surface area contributed by atoms with Crippen molar-refractivity contribution in [2.75, 3.05) is 52.7 Å². The van der Waals surface area contributed by atoms with E-state index in [0.717, 1.165) is 12.8 Å². The van der Waals surface area contributed by atoms with E-state index >= 15 is 0 Å². The number of esters is 2. The topological polar surface area (TPSA) is 210 Å². The van der Waals surface area contributed by atoms with Crippen molar-refractivity contribution in [1.82, 2.24) is 0 Å². The van der Waals surface area contributed by atoms with E-state index in [4.69, 9.17) is 39.9 Å². The van der Waals surface area contributed by atoms with Gasteiger partial charge in [-0.3, -0.25) is 9.59 Å². The summed E-state index contributed by atoms with van der Waals surface area (Å²) in [7, 11) is -7.94. The molecule has 0 radical (unpaired) electrons. The van der Waals surface area contributed by atoms with Crippen LogP contribution in [0.2, 0.25) is 0 Å². The molecule has 0 atom stereocenters. The minimum Gasteiger partial charge on any atom is -0.494 e. The van der Waals surface area contributed by atoms with Gasteiger partial charge < -0.3 is 39.9 Å². The minimum atomic E-state index is -3.98. The van der Waals surface area contributed by atoms with Crippen LogP contribution < -0.4 is 20.9 Å². The SMILES string of the molecule is CC(C)(C)OC(=O)C1(S(=O)(=O)c2ccc(OCCN)cc2)CCOCC1.CCC(C)(C)OC(=O)C1(S(=O)(=O)c2ccc(OCCCCN)cc2)CCOCC1. The molecular weight excluding hydrogens is 753 g/mol. The van der Waals surface area contributed by atoms with Gasteiger partial charge in [0.15, 0.2) is 29.2 Å². The van der Waals surface area contributed by atoms with Gasteiger partial charge in [-0.1, -0.05) is 6.92 Å². The third-order valence-corrected chi connectivity index (χ3v) is 14.5. The van der Waals surface area contributed by atoms with Gasteiger partial charge in [-0.2, -0.15) is 0 Å². The fraction of sp³-hybridized carbons (Fsp3) is 0.641. The predicted molar refractivity (Wildman–Crippen MR) is 207 cm³/mol. The van der Waals surface area contributed by atoms with Crippen LogP contribution in [-0.2, 0) is 48.2 Å². The molecule has 2 aliphatic heterocycles. The molecule has 2 saturated heterocycles. The molecule has 0 unspecified atom stereocenters. The molecular formula is C39H60N2O12S2. The lowest BCUT2D eigenvalue weighted by Gasteiger charge is -2.37. The quantitative estimate of drug-likeness (QED) is 0.176. The van der Waals surface area contributed by atoms with Crippen LogP contribution in [0.5, 0.6) is 11.5 Å². The number of hydrogen-bond donors (Lipinski definition) is 2. The highest BCUT2D eigenvalue weighted by Gasteiger charge is 2.55. The standard InChI is InChI=1S/C21H33NO6S.C18H27NO6S/c1-4-20(2,3)28-19(23)21(11-15-26-16-12-21)29(24,25)18-9-7-17(8-10-18)27-14-6-5-13-22;1-17(2,3)25-16(20)18(8-11-23-12-9-18)26(21,22)15-6-4-14(5-7-15)24-13-10-19/h7-10H,4-6,11-16,22H2,1-3H3;4-7H,8-13,19H2,1-3H3. The number of carbonyl (C=O) groups excluding carboxylic acids is 2. The van der Waals surface area contributed by atoms with Crippen molar-refractivity contribution in [2.24, 2.45) is 11.5 Å². The molecule has 16 heteroatoms. The molecule has 0 aliphatic carbocycles. The van der Waals surface area contributed by atoms with E-state index < -0.39 is 52.3 Å². The Morgan fingerprint density at radius 1 is 0.636 bits per heavy atom. The molecule has 2 aliphatic rings. The fourth-order valence-corrected chi connectivity index (χ4v) is 9.67. The van der Waals surface area contributed by atoms with Crippen molar-refractivity contribution in [2.45, 2.75) is 117 Å². The van der Waals surface area contributed by atoms with Gasteiger partial charge in [0.1, 0.15) is 29.3 Å². The van der Waals surface area contributed by atoms with Crippen molar-refractivity contribution in [3.63, 3.8) is 0 Å². The Kier molecular flexibility index (Phi) is 16.5. The highest BCUT2D eigenvalue weighted by molar-refractivity contribution is 7.94. The molecule has 0 bridgehead atoms. The van der Waals surface area contributed by atoms with Gasteiger partial charge in [0.2, 0.25) is 0 Å². The lowest BCUT2D eigenvalue weighted by molar-refractivity contribution is -0.163. The summed E-state index contributed by atoms with van der Waals surface area (Å²) in [6.07, 6.45) is 2.56. The Hall–Kier alpha value is -3.28. The van der Waals surface area contributed by atoms with Crippen molar-refractivity contribution in [3.05, 3.63) is 48.5 Å². The zero-order valence-corrected chi connectivity index (χ0v) is 34.7. The Labute approximate surface area is 326 Å². The van der Waals surface area contributed by atoms with Crippen molar-refractivity contribution >= 4 is 31.6 Å². The van der Waals surface area contributed by atoms with Gasteiger partial charge in [-0.05, 0) is 109 Å². The lowest BCUT2D eigenvalue weighted by atomic mass is 9.98. The minimum absolute atomic E-state index is 0.0605. The molecule has 2 heterocycles. The van der Waals surface area contributed by atoms with Crippen molar-refractivity contribution < 1.29 is 54.8 Å². The smallest absolute Gasteiger partial charge is 0.328 e. The third-order valence-electron chi connectivity index (χ3n) is 9.51. The van der Waals surface area contributed by atoms with Gasteiger partial charge in [0.05, 0.1) is 16.4 Å². The van der Waals surface area contributed by atoms with Crippen molar-refractivity contribution in [1.29, 1.82) is 0 Å². The van der Waals surface area contributed by atoms with Gasteiger partial charge in [0.25, 0.3) is 0 Å². The number of ether oxygens (including phenoxy) is 6.